The Labute approximate surface area is 174 Å². The Morgan fingerprint density at radius 1 is 1.07 bits per heavy atom. The Hall–Kier alpha value is -2.49. The summed E-state index contributed by atoms with van der Waals surface area (Å²) in [7, 11) is -3.53. The van der Waals surface area contributed by atoms with Crippen molar-refractivity contribution >= 4 is 27.3 Å². The van der Waals surface area contributed by atoms with E-state index in [0.717, 1.165) is 15.4 Å². The van der Waals surface area contributed by atoms with Crippen LogP contribution >= 0.6 is 11.3 Å². The Bertz CT molecular complexity index is 1130. The third kappa shape index (κ3) is 3.85. The van der Waals surface area contributed by atoms with E-state index in [9.17, 15) is 13.2 Å². The summed E-state index contributed by atoms with van der Waals surface area (Å²) in [6.45, 7) is 5.02. The normalized spacial score (nSPS) is 15.6. The highest BCUT2D eigenvalue weighted by molar-refractivity contribution is 7.89. The van der Waals surface area contributed by atoms with E-state index >= 15 is 0 Å². The molecule has 0 saturated carbocycles. The van der Waals surface area contributed by atoms with Crippen molar-refractivity contribution in [3.05, 3.63) is 64.1 Å². The monoisotopic (exact) mass is 430 g/mol. The smallest absolute Gasteiger partial charge is 0.257 e. The van der Waals surface area contributed by atoms with Crippen LogP contribution in [0.1, 0.15) is 20.1 Å². The molecule has 0 spiro atoms. The van der Waals surface area contributed by atoms with E-state index in [0.29, 0.717) is 23.5 Å². The number of hydrogen-bond acceptors (Lipinski definition) is 5. The van der Waals surface area contributed by atoms with Gasteiger partial charge in [-0.3, -0.25) is 4.79 Å². The number of amides is 1. The Balaban J connectivity index is 1.44. The molecule has 1 fully saturated rings. The molecule has 0 unspecified atom stereocenters. The molecular formula is C20H22N4O3S2. The van der Waals surface area contributed by atoms with E-state index in [4.69, 9.17) is 0 Å². The number of sulfonamides is 1. The number of aryl methyl sites for hydroxylation is 2. The minimum absolute atomic E-state index is 0.133. The van der Waals surface area contributed by atoms with E-state index in [-0.39, 0.29) is 19.0 Å². The predicted molar refractivity (Wildman–Crippen MR) is 112 cm³/mol. The number of benzene rings is 1. The van der Waals surface area contributed by atoms with Gasteiger partial charge in [0, 0.05) is 42.1 Å². The molecule has 29 heavy (non-hydrogen) atoms. The van der Waals surface area contributed by atoms with Gasteiger partial charge in [-0.15, -0.1) is 11.3 Å². The summed E-state index contributed by atoms with van der Waals surface area (Å²) < 4.78 is 29.0. The molecule has 9 heteroatoms. The van der Waals surface area contributed by atoms with E-state index < -0.39 is 10.0 Å². The summed E-state index contributed by atoms with van der Waals surface area (Å²) in [5.74, 6) is -0.133. The highest BCUT2D eigenvalue weighted by Gasteiger charge is 2.32. The Morgan fingerprint density at radius 2 is 1.76 bits per heavy atom. The minimum Gasteiger partial charge on any atom is -0.336 e. The number of carbonyl (C=O) groups is 1. The number of aromatic nitrogens is 2. The van der Waals surface area contributed by atoms with Gasteiger partial charge in [-0.1, -0.05) is 18.2 Å². The van der Waals surface area contributed by atoms with Crippen LogP contribution in [0.4, 0.5) is 0 Å². The van der Waals surface area contributed by atoms with Crippen LogP contribution in [0.5, 0.6) is 0 Å². The maximum atomic E-state index is 12.9. The molecule has 1 amide bonds. The number of thiophene rings is 1. The molecule has 0 atom stereocenters. The number of rotatable bonds is 4. The second-order valence-electron chi connectivity index (χ2n) is 6.98. The lowest BCUT2D eigenvalue weighted by atomic mass is 10.2. The number of nitrogens with zero attached hydrogens (tertiary/aromatic N) is 4. The average molecular weight is 431 g/mol. The van der Waals surface area contributed by atoms with Gasteiger partial charge in [-0.05, 0) is 32.0 Å². The quantitative estimate of drug-likeness (QED) is 0.638. The van der Waals surface area contributed by atoms with Crippen LogP contribution in [0.15, 0.2) is 53.7 Å². The first-order valence-electron chi connectivity index (χ1n) is 9.33. The number of hydrogen-bond donors (Lipinski definition) is 0. The largest absolute Gasteiger partial charge is 0.336 e. The summed E-state index contributed by atoms with van der Waals surface area (Å²) >= 11 is 1.48. The van der Waals surface area contributed by atoms with Gasteiger partial charge in [0.25, 0.3) is 5.91 Å². The van der Waals surface area contributed by atoms with Crippen molar-refractivity contribution in [1.29, 1.82) is 0 Å². The molecule has 0 aliphatic carbocycles. The van der Waals surface area contributed by atoms with Gasteiger partial charge in [0.1, 0.15) is 0 Å². The highest BCUT2D eigenvalue weighted by Crippen LogP contribution is 2.28. The maximum absolute atomic E-state index is 12.9. The van der Waals surface area contributed by atoms with Crippen LogP contribution in [-0.2, 0) is 10.0 Å². The van der Waals surface area contributed by atoms with E-state index in [1.165, 1.54) is 15.6 Å². The van der Waals surface area contributed by atoms with Crippen molar-refractivity contribution in [3.63, 3.8) is 0 Å². The van der Waals surface area contributed by atoms with Gasteiger partial charge in [-0.2, -0.15) is 9.40 Å². The van der Waals surface area contributed by atoms with Crippen molar-refractivity contribution in [2.24, 2.45) is 0 Å². The summed E-state index contributed by atoms with van der Waals surface area (Å²) in [6, 6.07) is 11.3. The zero-order valence-electron chi connectivity index (χ0n) is 16.3. The number of carbonyl (C=O) groups excluding carboxylic acids is 1. The number of piperazine rings is 1. The lowest BCUT2D eigenvalue weighted by molar-refractivity contribution is 0.0698. The lowest BCUT2D eigenvalue weighted by Gasteiger charge is -2.33. The molecule has 0 radical (unpaired) electrons. The minimum atomic E-state index is -3.53. The summed E-state index contributed by atoms with van der Waals surface area (Å²) in [5, 5.41) is 4.27. The zero-order valence-corrected chi connectivity index (χ0v) is 17.9. The SMILES string of the molecule is Cc1cc(S(=O)(=O)N2CCN(C(=O)c3cnn(-c4ccccc4)c3)CC2)c(C)s1. The van der Waals surface area contributed by atoms with Crippen molar-refractivity contribution in [1.82, 2.24) is 19.0 Å². The first-order valence-corrected chi connectivity index (χ1v) is 11.6. The van der Waals surface area contributed by atoms with Gasteiger partial charge < -0.3 is 4.90 Å². The van der Waals surface area contributed by atoms with Crippen LogP contribution in [0, 0.1) is 13.8 Å². The van der Waals surface area contributed by atoms with Crippen LogP contribution < -0.4 is 0 Å². The molecule has 4 rings (SSSR count). The lowest BCUT2D eigenvalue weighted by Crippen LogP contribution is -2.50. The van der Waals surface area contributed by atoms with Crippen molar-refractivity contribution in [3.8, 4) is 5.69 Å². The van der Waals surface area contributed by atoms with Gasteiger partial charge in [-0.25, -0.2) is 13.1 Å². The Morgan fingerprint density at radius 3 is 2.38 bits per heavy atom. The van der Waals surface area contributed by atoms with Crippen LogP contribution in [0.2, 0.25) is 0 Å². The van der Waals surface area contributed by atoms with Crippen LogP contribution in [-0.4, -0.2) is 59.5 Å². The fourth-order valence-corrected chi connectivity index (χ4v) is 6.42. The third-order valence-electron chi connectivity index (χ3n) is 4.99. The molecule has 3 aromatic rings. The van der Waals surface area contributed by atoms with Gasteiger partial charge in [0.15, 0.2) is 0 Å². The van der Waals surface area contributed by atoms with Crippen LogP contribution in [0.25, 0.3) is 5.69 Å². The molecule has 2 aromatic heterocycles. The second kappa shape index (κ2) is 7.74. The van der Waals surface area contributed by atoms with Gasteiger partial charge in [0.05, 0.1) is 22.3 Å². The average Bonchev–Trinajstić information content (AvgIpc) is 3.35. The maximum Gasteiger partial charge on any atom is 0.257 e. The predicted octanol–water partition coefficient (Wildman–Crippen LogP) is 2.70. The molecule has 0 bridgehead atoms. The molecule has 1 aliphatic heterocycles. The Kier molecular flexibility index (Phi) is 5.28. The third-order valence-corrected chi connectivity index (χ3v) is 8.11. The molecule has 1 saturated heterocycles. The fourth-order valence-electron chi connectivity index (χ4n) is 3.47. The van der Waals surface area contributed by atoms with Crippen molar-refractivity contribution in [2.75, 3.05) is 26.2 Å². The fraction of sp³-hybridized carbons (Fsp3) is 0.300. The molecule has 0 N–H and O–H groups in total. The van der Waals surface area contributed by atoms with E-state index in [1.54, 1.807) is 28.0 Å². The topological polar surface area (TPSA) is 75.5 Å². The molecule has 1 aliphatic rings. The van der Waals surface area contributed by atoms with Crippen molar-refractivity contribution in [2.45, 2.75) is 18.7 Å². The highest BCUT2D eigenvalue weighted by atomic mass is 32.2. The standard InChI is InChI=1S/C20H22N4O3S2/c1-15-12-19(16(2)28-15)29(26,27)23-10-8-22(9-11-23)20(25)17-13-21-24(14-17)18-6-4-3-5-7-18/h3-7,12-14H,8-11H2,1-2H3. The summed E-state index contributed by atoms with van der Waals surface area (Å²) in [5.41, 5.74) is 1.37. The first kappa shape index (κ1) is 19.8. The molecule has 152 valence electrons. The van der Waals surface area contributed by atoms with Gasteiger partial charge >= 0.3 is 0 Å². The zero-order chi connectivity index (χ0) is 20.6. The van der Waals surface area contributed by atoms with E-state index in [2.05, 4.69) is 5.10 Å². The summed E-state index contributed by atoms with van der Waals surface area (Å²) in [4.78, 5) is 16.7. The van der Waals surface area contributed by atoms with Gasteiger partial charge in [0.2, 0.25) is 10.0 Å². The van der Waals surface area contributed by atoms with Crippen molar-refractivity contribution < 1.29 is 13.2 Å². The summed E-state index contributed by atoms with van der Waals surface area (Å²) in [6.07, 6.45) is 3.26. The van der Waals surface area contributed by atoms with Crippen LogP contribution in [0.3, 0.4) is 0 Å². The second-order valence-corrected chi connectivity index (χ2v) is 10.3. The molecule has 3 heterocycles. The molecule has 1 aromatic carbocycles. The molecule has 7 nitrogen and oxygen atoms in total. The van der Waals surface area contributed by atoms with E-state index in [1.807, 2.05) is 44.2 Å². The molecular weight excluding hydrogens is 408 g/mol. The first-order chi connectivity index (χ1) is 13.9. The number of para-hydroxylation sites is 1.